The van der Waals surface area contributed by atoms with Crippen LogP contribution in [-0.4, -0.2) is 43.8 Å². The number of anilines is 1. The van der Waals surface area contributed by atoms with E-state index in [9.17, 15) is 18.0 Å². The molecule has 0 spiro atoms. The molecule has 186 valence electrons. The van der Waals surface area contributed by atoms with Gasteiger partial charge in [0.2, 0.25) is 0 Å². The number of carbonyl (C=O) groups excluding carboxylic acids is 1. The van der Waals surface area contributed by atoms with E-state index >= 15 is 0 Å². The van der Waals surface area contributed by atoms with Gasteiger partial charge in [-0.05, 0) is 35.9 Å². The molecule has 2 aromatic carbocycles. The average molecular weight is 504 g/mol. The Hall–Kier alpha value is -4.67. The lowest BCUT2D eigenvalue weighted by atomic mass is 10.0. The fourth-order valence-corrected chi connectivity index (χ4v) is 4.60. The third-order valence-electron chi connectivity index (χ3n) is 6.58. The number of nitrogen functional groups attached to an aromatic ring is 1. The first-order valence-corrected chi connectivity index (χ1v) is 11.3. The summed E-state index contributed by atoms with van der Waals surface area (Å²) in [5.41, 5.74) is 9.25. The number of imidazole rings is 1. The lowest BCUT2D eigenvalue weighted by Gasteiger charge is -2.24. The van der Waals surface area contributed by atoms with E-state index in [4.69, 9.17) is 10.5 Å². The number of pyridine rings is 1. The van der Waals surface area contributed by atoms with E-state index in [-0.39, 0.29) is 18.6 Å². The molecule has 0 unspecified atom stereocenters. The van der Waals surface area contributed by atoms with E-state index in [0.717, 1.165) is 17.8 Å². The van der Waals surface area contributed by atoms with Crippen molar-refractivity contribution in [1.29, 1.82) is 0 Å². The molecule has 5 aromatic rings. The maximum Gasteiger partial charge on any atom is 0.417 e. The van der Waals surface area contributed by atoms with Crippen LogP contribution in [0.1, 0.15) is 27.5 Å². The van der Waals surface area contributed by atoms with Crippen LogP contribution in [0.25, 0.3) is 27.7 Å². The minimum Gasteiger partial charge on any atom is -0.491 e. The first-order chi connectivity index (χ1) is 17.7. The monoisotopic (exact) mass is 504 g/mol. The molecule has 1 aliphatic heterocycles. The zero-order valence-electron chi connectivity index (χ0n) is 19.4. The van der Waals surface area contributed by atoms with Gasteiger partial charge in [0, 0.05) is 36.1 Å². The van der Waals surface area contributed by atoms with Crippen LogP contribution in [0.5, 0.6) is 5.75 Å². The lowest BCUT2D eigenvalue weighted by molar-refractivity contribution is -0.137. The van der Waals surface area contributed by atoms with Gasteiger partial charge in [0.1, 0.15) is 23.7 Å². The number of aromatic nitrogens is 4. The molecule has 0 saturated carbocycles. The molecule has 0 aliphatic carbocycles. The number of likely N-dealkylation sites (N-methyl/N-ethyl adjacent to an activating group) is 1. The minimum atomic E-state index is -4.49. The van der Waals surface area contributed by atoms with E-state index in [0.29, 0.717) is 44.8 Å². The van der Waals surface area contributed by atoms with Gasteiger partial charge in [0.05, 0.1) is 35.2 Å². The number of fused-ring (bicyclic) bond motifs is 4. The van der Waals surface area contributed by atoms with E-state index in [1.165, 1.54) is 6.20 Å². The van der Waals surface area contributed by atoms with Crippen molar-refractivity contribution in [2.45, 2.75) is 12.2 Å². The molecule has 0 saturated heterocycles. The summed E-state index contributed by atoms with van der Waals surface area (Å²) in [6.45, 7) is 0.222. The number of rotatable bonds is 3. The molecule has 2 N–H and O–H groups in total. The molecule has 0 fully saturated rings. The molecule has 4 heterocycles. The molecular weight excluding hydrogens is 485 g/mol. The fraction of sp³-hybridized carbons (Fsp3) is 0.154. The zero-order chi connectivity index (χ0) is 25.9. The molecule has 1 aliphatic rings. The molecule has 1 amide bonds. The number of alkyl halides is 3. The fourth-order valence-electron chi connectivity index (χ4n) is 4.60. The average Bonchev–Trinajstić information content (AvgIpc) is 3.55. The normalized spacial score (nSPS) is 15.1. The molecular formula is C26H19F3N6O2. The highest BCUT2D eigenvalue weighted by atomic mass is 19.4. The van der Waals surface area contributed by atoms with Gasteiger partial charge in [0.15, 0.2) is 0 Å². The van der Waals surface area contributed by atoms with Crippen molar-refractivity contribution >= 4 is 28.3 Å². The quantitative estimate of drug-likeness (QED) is 0.381. The van der Waals surface area contributed by atoms with Crippen LogP contribution in [0, 0.1) is 0 Å². The summed E-state index contributed by atoms with van der Waals surface area (Å²) in [6, 6.07) is 11.0. The molecule has 11 heteroatoms. The van der Waals surface area contributed by atoms with Crippen molar-refractivity contribution in [1.82, 2.24) is 24.3 Å². The number of halogens is 3. The van der Waals surface area contributed by atoms with Crippen LogP contribution in [0.3, 0.4) is 0 Å². The molecule has 0 bridgehead atoms. The summed E-state index contributed by atoms with van der Waals surface area (Å²) in [4.78, 5) is 27.3. The number of hydrogen-bond acceptors (Lipinski definition) is 6. The van der Waals surface area contributed by atoms with Crippen molar-refractivity contribution in [3.05, 3.63) is 84.1 Å². The van der Waals surface area contributed by atoms with Gasteiger partial charge in [-0.15, -0.1) is 0 Å². The van der Waals surface area contributed by atoms with Crippen molar-refractivity contribution < 1.29 is 22.7 Å². The number of amides is 1. The standard InChI is InChI=1S/C26H19F3N6O2/c1-34(25(36)15-3-5-19-20(7-15)35-13-32-11-21(35)24(30)33-19)22-12-37-23-8-14(2-4-18(22)23)16-6-17(10-31-9-16)26(27,28)29/h2-11,13,22H,12H2,1H3,(H2,30,33)/t22-/m1/s1. The van der Waals surface area contributed by atoms with Crippen LogP contribution in [0.15, 0.2) is 67.4 Å². The Morgan fingerprint density at radius 1 is 1.05 bits per heavy atom. The number of benzene rings is 2. The number of nitrogens with two attached hydrogens (primary N) is 1. The van der Waals surface area contributed by atoms with Gasteiger partial charge in [-0.1, -0.05) is 12.1 Å². The molecule has 37 heavy (non-hydrogen) atoms. The molecule has 1 atom stereocenters. The van der Waals surface area contributed by atoms with Gasteiger partial charge in [-0.25, -0.2) is 9.97 Å². The second-order valence-electron chi connectivity index (χ2n) is 8.80. The second-order valence-corrected chi connectivity index (χ2v) is 8.80. The first-order valence-electron chi connectivity index (χ1n) is 11.3. The molecule has 8 nitrogen and oxygen atoms in total. The van der Waals surface area contributed by atoms with Crippen molar-refractivity contribution in [2.75, 3.05) is 19.4 Å². The summed E-state index contributed by atoms with van der Waals surface area (Å²) in [6.07, 6.45) is 0.905. The van der Waals surface area contributed by atoms with Crippen LogP contribution in [0.2, 0.25) is 0 Å². The zero-order valence-corrected chi connectivity index (χ0v) is 19.4. The Morgan fingerprint density at radius 2 is 1.89 bits per heavy atom. The van der Waals surface area contributed by atoms with E-state index in [1.54, 1.807) is 65.3 Å². The number of ether oxygens (including phenoxy) is 1. The molecule has 3 aromatic heterocycles. The van der Waals surface area contributed by atoms with E-state index in [1.807, 2.05) is 0 Å². The Bertz CT molecular complexity index is 1700. The van der Waals surface area contributed by atoms with Crippen LogP contribution in [-0.2, 0) is 6.18 Å². The van der Waals surface area contributed by atoms with Crippen LogP contribution < -0.4 is 10.5 Å². The molecule has 6 rings (SSSR count). The van der Waals surface area contributed by atoms with Gasteiger partial charge in [-0.3, -0.25) is 14.2 Å². The Balaban J connectivity index is 1.29. The Labute approximate surface area is 208 Å². The van der Waals surface area contributed by atoms with Crippen molar-refractivity contribution in [3.63, 3.8) is 0 Å². The highest BCUT2D eigenvalue weighted by Gasteiger charge is 2.33. The topological polar surface area (TPSA) is 98.6 Å². The summed E-state index contributed by atoms with van der Waals surface area (Å²) in [5.74, 6) is 0.638. The third-order valence-corrected chi connectivity index (χ3v) is 6.58. The second kappa shape index (κ2) is 8.19. The smallest absolute Gasteiger partial charge is 0.417 e. The summed E-state index contributed by atoms with van der Waals surface area (Å²) < 4.78 is 46.9. The van der Waals surface area contributed by atoms with Gasteiger partial charge < -0.3 is 15.4 Å². The minimum absolute atomic E-state index is 0.222. The van der Waals surface area contributed by atoms with Crippen molar-refractivity contribution in [2.24, 2.45) is 0 Å². The predicted molar refractivity (Wildman–Crippen MR) is 130 cm³/mol. The summed E-state index contributed by atoms with van der Waals surface area (Å²) in [5, 5.41) is 0. The third kappa shape index (κ3) is 3.79. The maximum atomic E-state index is 13.4. The van der Waals surface area contributed by atoms with Gasteiger partial charge >= 0.3 is 6.18 Å². The summed E-state index contributed by atoms with van der Waals surface area (Å²) >= 11 is 0. The highest BCUT2D eigenvalue weighted by molar-refractivity contribution is 5.98. The van der Waals surface area contributed by atoms with E-state index in [2.05, 4.69) is 15.0 Å². The molecule has 0 radical (unpaired) electrons. The summed E-state index contributed by atoms with van der Waals surface area (Å²) in [7, 11) is 1.69. The Kier molecular flexibility index (Phi) is 5.04. The van der Waals surface area contributed by atoms with Crippen molar-refractivity contribution in [3.8, 4) is 16.9 Å². The maximum absolute atomic E-state index is 13.4. The SMILES string of the molecule is CN(C(=O)c1ccc2nc(N)c3cncn3c2c1)[C@@H]1COc2cc(-c3cncc(C(F)(F)F)c3)ccc21. The predicted octanol–water partition coefficient (Wildman–Crippen LogP) is 4.75. The highest BCUT2D eigenvalue weighted by Crippen LogP contribution is 2.39. The number of nitrogens with zero attached hydrogens (tertiary/aromatic N) is 5. The van der Waals surface area contributed by atoms with Crippen LogP contribution >= 0.6 is 0 Å². The number of hydrogen-bond donors (Lipinski definition) is 1. The lowest BCUT2D eigenvalue weighted by Crippen LogP contribution is -2.32. The first kappa shape index (κ1) is 22.8. The van der Waals surface area contributed by atoms with Gasteiger partial charge in [0.25, 0.3) is 5.91 Å². The van der Waals surface area contributed by atoms with Crippen LogP contribution in [0.4, 0.5) is 19.0 Å². The van der Waals surface area contributed by atoms with E-state index < -0.39 is 11.7 Å². The largest absolute Gasteiger partial charge is 0.491 e. The Morgan fingerprint density at radius 3 is 2.70 bits per heavy atom. The number of carbonyl (C=O) groups is 1. The van der Waals surface area contributed by atoms with Gasteiger partial charge in [-0.2, -0.15) is 13.2 Å².